The van der Waals surface area contributed by atoms with E-state index in [-0.39, 0.29) is 20.1 Å². The van der Waals surface area contributed by atoms with Gasteiger partial charge in [0.1, 0.15) is 17.5 Å². The summed E-state index contributed by atoms with van der Waals surface area (Å²) >= 11 is 0. The van der Waals surface area contributed by atoms with Crippen molar-refractivity contribution in [1.29, 1.82) is 0 Å². The maximum Gasteiger partial charge on any atom is 0.144 e. The predicted octanol–water partition coefficient (Wildman–Crippen LogP) is 13.4. The van der Waals surface area contributed by atoms with Gasteiger partial charge in [0.15, 0.2) is 0 Å². The maximum absolute atomic E-state index is 4.53. The van der Waals surface area contributed by atoms with E-state index in [1.54, 1.807) is 0 Å². The summed E-state index contributed by atoms with van der Waals surface area (Å²) in [7, 11) is 0. The van der Waals surface area contributed by atoms with Crippen LogP contribution < -0.4 is 0 Å². The van der Waals surface area contributed by atoms with Crippen LogP contribution in [0.15, 0.2) is 165 Å². The minimum atomic E-state index is 0. The Morgan fingerprint density at radius 1 is 0.311 bits per heavy atom. The number of benzene rings is 6. The summed E-state index contributed by atoms with van der Waals surface area (Å²) in [4.78, 5) is 13.6. The summed E-state index contributed by atoms with van der Waals surface area (Å²) < 4.78 is 6.54. The second kappa shape index (κ2) is 19.8. The van der Waals surface area contributed by atoms with E-state index in [9.17, 15) is 0 Å². The van der Waals surface area contributed by atoms with Crippen molar-refractivity contribution < 1.29 is 20.1 Å². The fourth-order valence-electron chi connectivity index (χ4n) is 8.51. The topological polar surface area (TPSA) is 53.5 Å². The number of aromatic nitrogens is 6. The number of hydrogen-bond donors (Lipinski definition) is 0. The molecule has 0 amide bonds. The Kier molecular flexibility index (Phi) is 14.3. The van der Waals surface area contributed by atoms with Crippen molar-refractivity contribution in [3.8, 4) is 51.2 Å². The predicted molar refractivity (Wildman–Crippen MR) is 250 cm³/mol. The van der Waals surface area contributed by atoms with Gasteiger partial charge in [0.05, 0.1) is 17.1 Å². The first-order chi connectivity index (χ1) is 29.0. The van der Waals surface area contributed by atoms with Crippen molar-refractivity contribution in [2.45, 2.75) is 62.3 Å². The maximum atomic E-state index is 4.53. The summed E-state index contributed by atoms with van der Waals surface area (Å²) in [6.45, 7) is 19.3. The Hall–Kier alpha value is -6.40. The second-order valence-electron chi connectivity index (χ2n) is 15.7. The van der Waals surface area contributed by atoms with Gasteiger partial charge in [0, 0.05) is 74.0 Å². The summed E-state index contributed by atoms with van der Waals surface area (Å²) in [6, 6.07) is 44.2. The van der Waals surface area contributed by atoms with Crippen molar-refractivity contribution in [2.24, 2.45) is 0 Å². The quantitative estimate of drug-likeness (QED) is 0.167. The first-order valence-electron chi connectivity index (χ1n) is 20.5. The molecule has 0 spiro atoms. The van der Waals surface area contributed by atoms with Gasteiger partial charge in [-0.15, -0.1) is 0 Å². The molecule has 0 fully saturated rings. The van der Waals surface area contributed by atoms with E-state index in [0.29, 0.717) is 0 Å². The Balaban J connectivity index is 0.000000152. The van der Waals surface area contributed by atoms with Gasteiger partial charge in [-0.3, -0.25) is 13.7 Å². The summed E-state index contributed by atoms with van der Waals surface area (Å²) in [5.74, 6) is 2.96. The number of aryl methyl sites for hydroxylation is 9. The molecule has 0 bridgehead atoms. The van der Waals surface area contributed by atoms with Gasteiger partial charge >= 0.3 is 0 Å². The molecule has 0 aliphatic carbocycles. The molecule has 3 aromatic heterocycles. The molecule has 61 heavy (non-hydrogen) atoms. The zero-order valence-corrected chi connectivity index (χ0v) is 39.0. The molecule has 3 heterocycles. The second-order valence-corrected chi connectivity index (χ2v) is 15.7. The molecule has 9 rings (SSSR count). The van der Waals surface area contributed by atoms with E-state index >= 15 is 0 Å². The monoisotopic (exact) mass is 979 g/mol. The van der Waals surface area contributed by atoms with E-state index in [1.165, 1.54) is 67.1 Å². The van der Waals surface area contributed by atoms with Crippen LogP contribution in [0.25, 0.3) is 51.2 Å². The molecule has 0 saturated heterocycles. The molecular weight excluding hydrogens is 925 g/mol. The van der Waals surface area contributed by atoms with Crippen molar-refractivity contribution in [3.63, 3.8) is 0 Å². The van der Waals surface area contributed by atoms with Crippen LogP contribution in [0.2, 0.25) is 0 Å². The smallest absolute Gasteiger partial charge is 0.144 e. The summed E-state index contributed by atoms with van der Waals surface area (Å²) in [5.41, 5.74) is 18.6. The molecule has 7 heteroatoms. The van der Waals surface area contributed by atoms with Crippen LogP contribution in [0.1, 0.15) is 50.1 Å². The van der Waals surface area contributed by atoms with E-state index in [2.05, 4.69) is 164 Å². The Morgan fingerprint density at radius 2 is 0.525 bits per heavy atom. The molecule has 0 saturated carbocycles. The SMILES string of the molecule is Cc1cc(C)c(-n2ccnc2-c2ccccc2)c(C)c1.Cc1cc(C)c(-n2ccnc2-c2ccccc2)c(C)c1.Cc1cc(C)c(-n2ccnc2-c2ccccc2)c(C)c1.[Ir]. The van der Waals surface area contributed by atoms with Gasteiger partial charge in [0.25, 0.3) is 0 Å². The third kappa shape index (κ3) is 9.98. The molecule has 0 aliphatic heterocycles. The van der Waals surface area contributed by atoms with Crippen LogP contribution in [0.3, 0.4) is 0 Å². The Bertz CT molecular complexity index is 2470. The Morgan fingerprint density at radius 3 is 0.738 bits per heavy atom. The largest absolute Gasteiger partial charge is 0.299 e. The third-order valence-electron chi connectivity index (χ3n) is 10.6. The van der Waals surface area contributed by atoms with Gasteiger partial charge in [0.2, 0.25) is 0 Å². The van der Waals surface area contributed by atoms with Crippen LogP contribution in [0.5, 0.6) is 0 Å². The molecule has 1 radical (unpaired) electrons. The normalized spacial score (nSPS) is 10.6. The fraction of sp³-hybridized carbons (Fsp3) is 0.167. The number of imidazole rings is 3. The molecule has 309 valence electrons. The van der Waals surface area contributed by atoms with Crippen LogP contribution in [-0.4, -0.2) is 28.7 Å². The molecule has 9 aromatic rings. The van der Waals surface area contributed by atoms with Crippen LogP contribution in [0.4, 0.5) is 0 Å². The summed E-state index contributed by atoms with van der Waals surface area (Å²) in [5, 5.41) is 0. The van der Waals surface area contributed by atoms with Crippen LogP contribution in [0, 0.1) is 62.3 Å². The van der Waals surface area contributed by atoms with Gasteiger partial charge in [-0.25, -0.2) is 15.0 Å². The molecule has 0 aliphatic rings. The average Bonchev–Trinajstić information content (AvgIpc) is 4.01. The van der Waals surface area contributed by atoms with E-state index in [0.717, 1.165) is 34.2 Å². The molecular formula is C54H54IrN6. The first-order valence-corrected chi connectivity index (χ1v) is 20.5. The van der Waals surface area contributed by atoms with Gasteiger partial charge in [-0.05, 0) is 95.7 Å². The molecule has 6 aromatic carbocycles. The first kappa shape index (κ1) is 44.2. The van der Waals surface area contributed by atoms with Gasteiger partial charge in [-0.1, -0.05) is 144 Å². The number of rotatable bonds is 6. The fourth-order valence-corrected chi connectivity index (χ4v) is 8.51. The van der Waals surface area contributed by atoms with E-state index < -0.39 is 0 Å². The number of hydrogen-bond acceptors (Lipinski definition) is 3. The van der Waals surface area contributed by atoms with Crippen LogP contribution in [-0.2, 0) is 20.1 Å². The van der Waals surface area contributed by atoms with Crippen molar-refractivity contribution in [2.75, 3.05) is 0 Å². The minimum absolute atomic E-state index is 0. The van der Waals surface area contributed by atoms with Crippen molar-refractivity contribution in [1.82, 2.24) is 28.7 Å². The Labute approximate surface area is 375 Å². The summed E-state index contributed by atoms with van der Waals surface area (Å²) in [6.07, 6.45) is 11.7. The zero-order chi connectivity index (χ0) is 42.3. The van der Waals surface area contributed by atoms with E-state index in [1.807, 2.05) is 91.8 Å². The van der Waals surface area contributed by atoms with Gasteiger partial charge < -0.3 is 0 Å². The van der Waals surface area contributed by atoms with E-state index in [4.69, 9.17) is 0 Å². The third-order valence-corrected chi connectivity index (χ3v) is 10.6. The molecule has 6 nitrogen and oxygen atoms in total. The average molecular weight is 979 g/mol. The molecule has 0 unspecified atom stereocenters. The zero-order valence-electron chi connectivity index (χ0n) is 36.6. The standard InChI is InChI=1S/3C18H18N2.Ir/c3*1-13-11-14(2)17(15(3)12-13)20-10-9-19-18(20)16-7-5-4-6-8-16;/h3*4-12H,1-3H3;. The van der Waals surface area contributed by atoms with Crippen molar-refractivity contribution >= 4 is 0 Å². The molecule has 0 atom stereocenters. The molecule has 0 N–H and O–H groups in total. The minimum Gasteiger partial charge on any atom is -0.299 e. The van der Waals surface area contributed by atoms with Gasteiger partial charge in [-0.2, -0.15) is 0 Å². The van der Waals surface area contributed by atoms with Crippen molar-refractivity contribution in [3.05, 3.63) is 215 Å². The number of nitrogens with zero attached hydrogens (tertiary/aromatic N) is 6. The van der Waals surface area contributed by atoms with Crippen LogP contribution >= 0.6 is 0 Å².